The molecule has 3 rings (SSSR count). The van der Waals surface area contributed by atoms with Crippen molar-refractivity contribution in [3.63, 3.8) is 0 Å². The number of benzene rings is 2. The van der Waals surface area contributed by atoms with Crippen molar-refractivity contribution in [1.29, 1.82) is 0 Å². The number of thiazole rings is 1. The molecule has 0 bridgehead atoms. The first kappa shape index (κ1) is 21.6. The van der Waals surface area contributed by atoms with E-state index < -0.39 is 0 Å². The largest absolute Gasteiger partial charge is 0.484 e. The number of carbonyl (C=O) groups excluding carboxylic acids is 1. The van der Waals surface area contributed by atoms with Crippen LogP contribution >= 0.6 is 23.1 Å². The molecule has 0 radical (unpaired) electrons. The number of amides is 1. The summed E-state index contributed by atoms with van der Waals surface area (Å²) in [4.78, 5) is 23.1. The van der Waals surface area contributed by atoms with Crippen LogP contribution in [0.15, 0.2) is 53.4 Å². The molecule has 5 nitrogen and oxygen atoms in total. The average molecular weight is 430 g/mol. The Labute approximate surface area is 180 Å². The predicted octanol–water partition coefficient (Wildman–Crippen LogP) is 4.77. The highest BCUT2D eigenvalue weighted by Gasteiger charge is 2.21. The van der Waals surface area contributed by atoms with Crippen LogP contribution in [0.5, 0.6) is 5.75 Å². The number of thioether (sulfide) groups is 1. The van der Waals surface area contributed by atoms with Gasteiger partial charge in [0.25, 0.3) is 5.91 Å². The lowest BCUT2D eigenvalue weighted by molar-refractivity contribution is -0.120. The third-order valence-electron chi connectivity index (χ3n) is 4.76. The molecule has 154 valence electrons. The number of likely N-dealkylation sites (N-methyl/N-ethyl adjacent to an activating group) is 1. The van der Waals surface area contributed by atoms with Crippen molar-refractivity contribution in [2.75, 3.05) is 43.9 Å². The van der Waals surface area contributed by atoms with Crippen LogP contribution in [0.1, 0.15) is 13.8 Å². The molecule has 0 fully saturated rings. The standard InChI is InChI=1S/C22H27N3O2S2/c1-4-24(5-2)14-15-25(20(26)16-27-17-10-7-6-8-11-17)22-23-21-18(28-3)12-9-13-19(21)29-22/h6-13H,4-5,14-16H2,1-3H3. The molecule has 1 heterocycles. The molecule has 0 aliphatic heterocycles. The zero-order valence-electron chi connectivity index (χ0n) is 17.1. The molecule has 0 atom stereocenters. The second kappa shape index (κ2) is 10.6. The van der Waals surface area contributed by atoms with Crippen molar-refractivity contribution in [2.45, 2.75) is 18.7 Å². The summed E-state index contributed by atoms with van der Waals surface area (Å²) in [5.41, 5.74) is 0.963. The first-order valence-corrected chi connectivity index (χ1v) is 11.8. The van der Waals surface area contributed by atoms with Crippen LogP contribution in [0.2, 0.25) is 0 Å². The molecule has 0 spiro atoms. The quantitative estimate of drug-likeness (QED) is 0.434. The normalized spacial score (nSPS) is 11.2. The van der Waals surface area contributed by atoms with Crippen LogP contribution in [0.3, 0.4) is 0 Å². The van der Waals surface area contributed by atoms with Crippen molar-refractivity contribution in [3.8, 4) is 5.75 Å². The lowest BCUT2D eigenvalue weighted by atomic mass is 10.3. The van der Waals surface area contributed by atoms with Crippen LogP contribution in [0.4, 0.5) is 5.13 Å². The highest BCUT2D eigenvalue weighted by Crippen LogP contribution is 2.34. The zero-order chi connectivity index (χ0) is 20.6. The number of fused-ring (bicyclic) bond motifs is 1. The van der Waals surface area contributed by atoms with E-state index in [1.165, 1.54) is 0 Å². The molecule has 2 aromatic carbocycles. The van der Waals surface area contributed by atoms with E-state index in [1.807, 2.05) is 42.7 Å². The molecular formula is C22H27N3O2S2. The molecule has 29 heavy (non-hydrogen) atoms. The number of nitrogens with zero attached hydrogens (tertiary/aromatic N) is 3. The second-order valence-electron chi connectivity index (χ2n) is 6.48. The van der Waals surface area contributed by atoms with E-state index in [0.29, 0.717) is 12.3 Å². The summed E-state index contributed by atoms with van der Waals surface area (Å²) >= 11 is 3.23. The highest BCUT2D eigenvalue weighted by atomic mass is 32.2. The van der Waals surface area contributed by atoms with Crippen LogP contribution in [0.25, 0.3) is 10.2 Å². The van der Waals surface area contributed by atoms with Gasteiger partial charge >= 0.3 is 0 Å². The lowest BCUT2D eigenvalue weighted by Crippen LogP contribution is -2.41. The summed E-state index contributed by atoms with van der Waals surface area (Å²) in [5.74, 6) is 0.615. The third kappa shape index (κ3) is 5.50. The number of carbonyl (C=O) groups is 1. The highest BCUT2D eigenvalue weighted by molar-refractivity contribution is 7.98. The first-order chi connectivity index (χ1) is 14.2. The fourth-order valence-corrected chi connectivity index (χ4v) is 4.70. The number of aromatic nitrogens is 1. The Balaban J connectivity index is 1.83. The molecular weight excluding hydrogens is 402 g/mol. The maximum absolute atomic E-state index is 13.1. The first-order valence-electron chi connectivity index (χ1n) is 9.80. The fourth-order valence-electron chi connectivity index (χ4n) is 3.04. The van der Waals surface area contributed by atoms with Crippen LogP contribution < -0.4 is 9.64 Å². The molecule has 1 aromatic heterocycles. The minimum absolute atomic E-state index is 0.00638. The molecule has 0 saturated carbocycles. The Morgan fingerprint density at radius 3 is 2.52 bits per heavy atom. The van der Waals surface area contributed by atoms with Gasteiger partial charge in [-0.05, 0) is 43.6 Å². The molecule has 0 saturated heterocycles. The minimum atomic E-state index is -0.0780. The fraction of sp³-hybridized carbons (Fsp3) is 0.364. The van der Waals surface area contributed by atoms with Gasteiger partial charge in [0.1, 0.15) is 5.75 Å². The van der Waals surface area contributed by atoms with Gasteiger partial charge in [0.05, 0.1) is 10.2 Å². The van der Waals surface area contributed by atoms with Crippen LogP contribution in [-0.2, 0) is 4.79 Å². The maximum Gasteiger partial charge on any atom is 0.266 e. The molecule has 0 aliphatic rings. The van der Waals surface area contributed by atoms with Crippen molar-refractivity contribution < 1.29 is 9.53 Å². The summed E-state index contributed by atoms with van der Waals surface area (Å²) in [6, 6.07) is 15.6. The Morgan fingerprint density at radius 2 is 1.83 bits per heavy atom. The Kier molecular flexibility index (Phi) is 7.91. The molecule has 0 unspecified atom stereocenters. The summed E-state index contributed by atoms with van der Waals surface area (Å²) in [5, 5.41) is 0.732. The van der Waals surface area contributed by atoms with E-state index in [9.17, 15) is 4.79 Å². The van der Waals surface area contributed by atoms with Crippen molar-refractivity contribution in [3.05, 3.63) is 48.5 Å². The van der Waals surface area contributed by atoms with Gasteiger partial charge in [-0.2, -0.15) is 0 Å². The van der Waals surface area contributed by atoms with Gasteiger partial charge in [0.15, 0.2) is 11.7 Å². The number of hydrogen-bond acceptors (Lipinski definition) is 6. The molecule has 3 aromatic rings. The van der Waals surface area contributed by atoms with Gasteiger partial charge in [0, 0.05) is 18.0 Å². The van der Waals surface area contributed by atoms with Crippen LogP contribution in [-0.4, -0.2) is 54.8 Å². The summed E-state index contributed by atoms with van der Waals surface area (Å²) < 4.78 is 6.81. The van der Waals surface area contributed by atoms with Gasteiger partial charge in [0.2, 0.25) is 0 Å². The van der Waals surface area contributed by atoms with E-state index >= 15 is 0 Å². The average Bonchev–Trinajstić information content (AvgIpc) is 3.20. The zero-order valence-corrected chi connectivity index (χ0v) is 18.8. The van der Waals surface area contributed by atoms with Crippen molar-refractivity contribution in [1.82, 2.24) is 9.88 Å². The van der Waals surface area contributed by atoms with E-state index in [4.69, 9.17) is 9.72 Å². The Bertz CT molecular complexity index is 926. The van der Waals surface area contributed by atoms with Gasteiger partial charge in [-0.3, -0.25) is 9.69 Å². The Hall–Kier alpha value is -2.09. The number of rotatable bonds is 10. The monoisotopic (exact) mass is 429 g/mol. The maximum atomic E-state index is 13.1. The number of hydrogen-bond donors (Lipinski definition) is 0. The minimum Gasteiger partial charge on any atom is -0.484 e. The van der Waals surface area contributed by atoms with Gasteiger partial charge in [-0.25, -0.2) is 4.98 Å². The topological polar surface area (TPSA) is 45.7 Å². The molecule has 7 heteroatoms. The Morgan fingerprint density at radius 1 is 1.07 bits per heavy atom. The van der Waals surface area contributed by atoms with E-state index in [0.717, 1.165) is 39.9 Å². The third-order valence-corrected chi connectivity index (χ3v) is 6.58. The number of ether oxygens (including phenoxy) is 1. The number of anilines is 1. The number of para-hydroxylation sites is 2. The van der Waals surface area contributed by atoms with Gasteiger partial charge in [-0.15, -0.1) is 11.8 Å². The van der Waals surface area contributed by atoms with E-state index in [2.05, 4.69) is 30.9 Å². The molecule has 0 aliphatic carbocycles. The van der Waals surface area contributed by atoms with Gasteiger partial charge < -0.3 is 9.64 Å². The second-order valence-corrected chi connectivity index (χ2v) is 8.33. The summed E-state index contributed by atoms with van der Waals surface area (Å²) in [6.45, 7) is 7.56. The molecule has 0 N–H and O–H groups in total. The van der Waals surface area contributed by atoms with E-state index in [1.54, 1.807) is 28.0 Å². The smallest absolute Gasteiger partial charge is 0.266 e. The van der Waals surface area contributed by atoms with Gasteiger partial charge in [-0.1, -0.05) is 49.4 Å². The molecule has 1 amide bonds. The lowest BCUT2D eigenvalue weighted by Gasteiger charge is -2.24. The summed E-state index contributed by atoms with van der Waals surface area (Å²) in [7, 11) is 0. The predicted molar refractivity (Wildman–Crippen MR) is 123 cm³/mol. The van der Waals surface area contributed by atoms with Crippen molar-refractivity contribution in [2.24, 2.45) is 0 Å². The van der Waals surface area contributed by atoms with Crippen molar-refractivity contribution >= 4 is 44.4 Å². The SMILES string of the molecule is CCN(CC)CCN(C(=O)COc1ccccc1)c1nc2c(SC)cccc2s1. The van der Waals surface area contributed by atoms with E-state index in [-0.39, 0.29) is 12.5 Å². The van der Waals surface area contributed by atoms with Crippen LogP contribution in [0, 0.1) is 0 Å². The summed E-state index contributed by atoms with van der Waals surface area (Å²) in [6.07, 6.45) is 2.05.